The van der Waals surface area contributed by atoms with Crippen molar-refractivity contribution in [3.63, 3.8) is 0 Å². The van der Waals surface area contributed by atoms with Gasteiger partial charge in [-0.15, -0.1) is 0 Å². The molecule has 19 heavy (non-hydrogen) atoms. The Labute approximate surface area is 116 Å². The van der Waals surface area contributed by atoms with Gasteiger partial charge in [0.15, 0.2) is 5.69 Å². The van der Waals surface area contributed by atoms with Crippen LogP contribution < -0.4 is 5.32 Å². The van der Waals surface area contributed by atoms with E-state index in [1.165, 1.54) is 0 Å². The molecule has 0 amide bonds. The van der Waals surface area contributed by atoms with Crippen LogP contribution >= 0.6 is 11.6 Å². The molecule has 1 N–H and O–H groups in total. The van der Waals surface area contributed by atoms with E-state index in [0.29, 0.717) is 17.3 Å². The van der Waals surface area contributed by atoms with Crippen LogP contribution in [-0.2, 0) is 13.0 Å². The van der Waals surface area contributed by atoms with Crippen LogP contribution in [0.4, 0.5) is 0 Å². The number of nitrogens with one attached hydrogen (secondary N) is 1. The van der Waals surface area contributed by atoms with Crippen LogP contribution in [0.1, 0.15) is 22.5 Å². The maximum absolute atomic E-state index is 9.20. The molecule has 1 aliphatic heterocycles. The molecule has 1 aromatic carbocycles. The van der Waals surface area contributed by atoms with Crippen LogP contribution in [0.2, 0.25) is 5.02 Å². The van der Waals surface area contributed by atoms with Crippen molar-refractivity contribution >= 4 is 11.6 Å². The van der Waals surface area contributed by atoms with Crippen LogP contribution in [0.5, 0.6) is 0 Å². The lowest BCUT2D eigenvalue weighted by atomic mass is 10.1. The summed E-state index contributed by atoms with van der Waals surface area (Å²) < 4.78 is 1.87. The third-order valence-corrected chi connectivity index (χ3v) is 3.67. The minimum Gasteiger partial charge on any atom is -0.312 e. The number of nitriles is 1. The van der Waals surface area contributed by atoms with E-state index in [2.05, 4.69) is 16.5 Å². The molecule has 0 atom stereocenters. The van der Waals surface area contributed by atoms with E-state index in [-0.39, 0.29) is 0 Å². The zero-order valence-electron chi connectivity index (χ0n) is 10.6. The molecule has 2 heterocycles. The normalized spacial score (nSPS) is 13.9. The highest BCUT2D eigenvalue weighted by Crippen LogP contribution is 2.25. The quantitative estimate of drug-likeness (QED) is 0.867. The Balaban J connectivity index is 2.23. The predicted octanol–water partition coefficient (Wildman–Crippen LogP) is 2.35. The van der Waals surface area contributed by atoms with E-state index in [4.69, 9.17) is 11.6 Å². The second-order valence-corrected chi connectivity index (χ2v) is 5.09. The third-order valence-electron chi connectivity index (χ3n) is 3.44. The fraction of sp³-hybridized carbons (Fsp3) is 0.286. The number of rotatable bonds is 1. The van der Waals surface area contributed by atoms with E-state index < -0.39 is 0 Å². The van der Waals surface area contributed by atoms with E-state index in [0.717, 1.165) is 35.5 Å². The van der Waals surface area contributed by atoms with Gasteiger partial charge in [0.25, 0.3) is 0 Å². The van der Waals surface area contributed by atoms with Gasteiger partial charge in [0.05, 0.1) is 11.4 Å². The fourth-order valence-electron chi connectivity index (χ4n) is 2.45. The minimum atomic E-state index is 0.501. The number of benzene rings is 1. The fourth-order valence-corrected chi connectivity index (χ4v) is 2.61. The number of fused-ring (bicyclic) bond motifs is 1. The summed E-state index contributed by atoms with van der Waals surface area (Å²) in [6, 6.07) is 7.91. The van der Waals surface area contributed by atoms with Crippen LogP contribution in [0.25, 0.3) is 5.69 Å². The number of halogens is 1. The standard InChI is InChI=1S/C14H13ClN4/c1-9-2-3-10(15)6-14(9)19-13-4-5-17-8-11(13)12(7-16)18-19/h2-3,6,17H,4-5,8H2,1H3. The summed E-state index contributed by atoms with van der Waals surface area (Å²) in [7, 11) is 0. The highest BCUT2D eigenvalue weighted by atomic mass is 35.5. The second-order valence-electron chi connectivity index (χ2n) is 4.66. The van der Waals surface area contributed by atoms with E-state index in [1.54, 1.807) is 0 Å². The molecule has 0 radical (unpaired) electrons. The molecule has 5 heteroatoms. The van der Waals surface area contributed by atoms with Gasteiger partial charge in [0, 0.05) is 30.1 Å². The molecule has 2 aromatic rings. The summed E-state index contributed by atoms with van der Waals surface area (Å²) in [5.74, 6) is 0. The number of aryl methyl sites for hydroxylation is 1. The summed E-state index contributed by atoms with van der Waals surface area (Å²) in [6.45, 7) is 3.63. The lowest BCUT2D eigenvalue weighted by Gasteiger charge is -2.16. The van der Waals surface area contributed by atoms with Crippen molar-refractivity contribution in [1.29, 1.82) is 5.26 Å². The summed E-state index contributed by atoms with van der Waals surface area (Å²) >= 11 is 6.07. The zero-order chi connectivity index (χ0) is 13.4. The number of hydrogen-bond acceptors (Lipinski definition) is 3. The van der Waals surface area contributed by atoms with Crippen LogP contribution in [0.15, 0.2) is 18.2 Å². The molecule has 0 bridgehead atoms. The molecular formula is C14H13ClN4. The average Bonchev–Trinajstić information content (AvgIpc) is 2.80. The molecular weight excluding hydrogens is 260 g/mol. The first-order chi connectivity index (χ1) is 9.20. The van der Waals surface area contributed by atoms with E-state index in [9.17, 15) is 5.26 Å². The smallest absolute Gasteiger partial charge is 0.167 e. The zero-order valence-corrected chi connectivity index (χ0v) is 11.3. The van der Waals surface area contributed by atoms with Crippen molar-refractivity contribution in [2.45, 2.75) is 19.9 Å². The van der Waals surface area contributed by atoms with Gasteiger partial charge in [-0.25, -0.2) is 4.68 Å². The molecule has 1 aromatic heterocycles. The number of hydrogen-bond donors (Lipinski definition) is 1. The maximum Gasteiger partial charge on any atom is 0.167 e. The molecule has 1 aliphatic rings. The number of aromatic nitrogens is 2. The van der Waals surface area contributed by atoms with Crippen LogP contribution in [0, 0.1) is 18.3 Å². The van der Waals surface area contributed by atoms with Crippen molar-refractivity contribution in [2.75, 3.05) is 6.54 Å². The molecule has 0 saturated carbocycles. The van der Waals surface area contributed by atoms with Crippen molar-refractivity contribution < 1.29 is 0 Å². The van der Waals surface area contributed by atoms with Crippen molar-refractivity contribution in [1.82, 2.24) is 15.1 Å². The Morgan fingerprint density at radius 1 is 1.47 bits per heavy atom. The SMILES string of the molecule is Cc1ccc(Cl)cc1-n1nc(C#N)c2c1CCNC2. The van der Waals surface area contributed by atoms with Gasteiger partial charge in [-0.2, -0.15) is 10.4 Å². The van der Waals surface area contributed by atoms with Crippen molar-refractivity contribution in [3.05, 3.63) is 45.7 Å². The lowest BCUT2D eigenvalue weighted by Crippen LogP contribution is -2.24. The van der Waals surface area contributed by atoms with Gasteiger partial charge in [-0.1, -0.05) is 17.7 Å². The minimum absolute atomic E-state index is 0.501. The highest BCUT2D eigenvalue weighted by molar-refractivity contribution is 6.30. The number of nitrogens with zero attached hydrogens (tertiary/aromatic N) is 3. The Kier molecular flexibility index (Phi) is 3.02. The van der Waals surface area contributed by atoms with Crippen molar-refractivity contribution in [2.24, 2.45) is 0 Å². The van der Waals surface area contributed by atoms with E-state index >= 15 is 0 Å². The van der Waals surface area contributed by atoms with E-state index in [1.807, 2.05) is 29.8 Å². The summed E-state index contributed by atoms with van der Waals surface area (Å²) in [4.78, 5) is 0. The summed E-state index contributed by atoms with van der Waals surface area (Å²) in [5.41, 5.74) is 4.67. The van der Waals surface area contributed by atoms with Crippen LogP contribution in [-0.4, -0.2) is 16.3 Å². The first-order valence-corrected chi connectivity index (χ1v) is 6.56. The average molecular weight is 273 g/mol. The highest BCUT2D eigenvalue weighted by Gasteiger charge is 2.21. The molecule has 0 spiro atoms. The first kappa shape index (κ1) is 12.2. The maximum atomic E-state index is 9.20. The van der Waals surface area contributed by atoms with Crippen molar-refractivity contribution in [3.8, 4) is 11.8 Å². The summed E-state index contributed by atoms with van der Waals surface area (Å²) in [5, 5.41) is 17.6. The Bertz CT molecular complexity index is 681. The molecule has 0 fully saturated rings. The van der Waals surface area contributed by atoms with Gasteiger partial charge >= 0.3 is 0 Å². The topological polar surface area (TPSA) is 53.6 Å². The largest absolute Gasteiger partial charge is 0.312 e. The van der Waals surface area contributed by atoms with Gasteiger partial charge in [-0.05, 0) is 24.6 Å². The first-order valence-electron chi connectivity index (χ1n) is 6.19. The molecule has 3 rings (SSSR count). The molecule has 0 saturated heterocycles. The Morgan fingerprint density at radius 2 is 2.32 bits per heavy atom. The third kappa shape index (κ3) is 2.01. The van der Waals surface area contributed by atoms with Gasteiger partial charge in [0.2, 0.25) is 0 Å². The molecule has 0 aliphatic carbocycles. The predicted molar refractivity (Wildman–Crippen MR) is 73.4 cm³/mol. The molecule has 96 valence electrons. The second kappa shape index (κ2) is 4.69. The Morgan fingerprint density at radius 3 is 3.11 bits per heavy atom. The Hall–Kier alpha value is -1.83. The molecule has 4 nitrogen and oxygen atoms in total. The monoisotopic (exact) mass is 272 g/mol. The van der Waals surface area contributed by atoms with Crippen LogP contribution in [0.3, 0.4) is 0 Å². The lowest BCUT2D eigenvalue weighted by molar-refractivity contribution is 0.622. The summed E-state index contributed by atoms with van der Waals surface area (Å²) in [6.07, 6.45) is 0.871. The van der Waals surface area contributed by atoms with Gasteiger partial charge in [-0.3, -0.25) is 0 Å². The molecule has 0 unspecified atom stereocenters. The van der Waals surface area contributed by atoms with Gasteiger partial charge in [0.1, 0.15) is 6.07 Å². The van der Waals surface area contributed by atoms with Gasteiger partial charge < -0.3 is 5.32 Å².